The average molecular weight is 476 g/mol. The van der Waals surface area contributed by atoms with Gasteiger partial charge in [-0.3, -0.25) is 14.6 Å². The number of hydrogen-bond donors (Lipinski definition) is 3. The maximum absolute atomic E-state index is 13.0. The lowest BCUT2D eigenvalue weighted by atomic mass is 9.99. The number of anilines is 1. The predicted octanol–water partition coefficient (Wildman–Crippen LogP) is 1.31. The van der Waals surface area contributed by atoms with E-state index in [0.717, 1.165) is 16.4 Å². The van der Waals surface area contributed by atoms with Crippen LogP contribution in [0.2, 0.25) is 0 Å². The second-order valence-electron chi connectivity index (χ2n) is 7.13. The van der Waals surface area contributed by atoms with E-state index >= 15 is 0 Å². The molecule has 2 aromatic rings. The smallest absolute Gasteiger partial charge is 0.406 e. The van der Waals surface area contributed by atoms with Crippen LogP contribution in [0.5, 0.6) is 5.75 Å². The summed E-state index contributed by atoms with van der Waals surface area (Å²) in [7, 11) is -4.29. The first-order valence-corrected chi connectivity index (χ1v) is 10.8. The number of benzene rings is 1. The zero-order chi connectivity index (χ0) is 23.7. The Kier molecular flexibility index (Phi) is 6.46. The van der Waals surface area contributed by atoms with E-state index < -0.39 is 50.1 Å². The summed E-state index contributed by atoms with van der Waals surface area (Å²) in [4.78, 5) is 39.5. The fourth-order valence-corrected chi connectivity index (χ4v) is 5.11. The van der Waals surface area contributed by atoms with E-state index in [9.17, 15) is 36.0 Å². The third-order valence-corrected chi connectivity index (χ3v) is 6.80. The van der Waals surface area contributed by atoms with Gasteiger partial charge in [0.25, 0.3) is 5.56 Å². The lowest BCUT2D eigenvalue weighted by Gasteiger charge is -2.31. The van der Waals surface area contributed by atoms with Gasteiger partial charge in [-0.15, -0.1) is 13.2 Å². The van der Waals surface area contributed by atoms with Crippen molar-refractivity contribution in [3.8, 4) is 5.75 Å². The molecule has 0 radical (unpaired) electrons. The fraction of sp³-hybridized carbons (Fsp3) is 0.389. The molecule has 1 atom stereocenters. The molecule has 1 amide bonds. The van der Waals surface area contributed by atoms with Crippen LogP contribution in [0, 0.1) is 12.8 Å². The van der Waals surface area contributed by atoms with Crippen LogP contribution in [0.25, 0.3) is 0 Å². The molecular formula is C18H19F3N4O6S. The number of nitrogens with zero attached hydrogens (tertiary/aromatic N) is 1. The Balaban J connectivity index is 1.72. The van der Waals surface area contributed by atoms with Crippen LogP contribution in [0.3, 0.4) is 0 Å². The van der Waals surface area contributed by atoms with Gasteiger partial charge in [-0.2, -0.15) is 4.31 Å². The number of carbonyl (C=O) groups is 1. The van der Waals surface area contributed by atoms with Gasteiger partial charge in [0.05, 0.1) is 5.92 Å². The number of aromatic nitrogens is 2. The summed E-state index contributed by atoms with van der Waals surface area (Å²) in [6.07, 6.45) is -4.13. The number of halogens is 3. The first-order valence-electron chi connectivity index (χ1n) is 9.37. The maximum atomic E-state index is 13.0. The van der Waals surface area contributed by atoms with Crippen molar-refractivity contribution >= 4 is 21.6 Å². The van der Waals surface area contributed by atoms with Gasteiger partial charge in [-0.05, 0) is 44.0 Å². The number of ether oxygens (including phenoxy) is 1. The summed E-state index contributed by atoms with van der Waals surface area (Å²) in [5.74, 6) is -1.74. The Morgan fingerprint density at radius 2 is 1.84 bits per heavy atom. The highest BCUT2D eigenvalue weighted by Gasteiger charge is 2.36. The van der Waals surface area contributed by atoms with Gasteiger partial charge in [0.1, 0.15) is 5.75 Å². The summed E-state index contributed by atoms with van der Waals surface area (Å²) in [6, 6.07) is 4.51. The number of alkyl halides is 3. The number of amides is 1. The Hall–Kier alpha value is -3.13. The maximum Gasteiger partial charge on any atom is 0.573 e. The minimum atomic E-state index is -4.84. The molecule has 1 fully saturated rings. The number of H-pyrrole nitrogens is 2. The number of aromatic amines is 2. The van der Waals surface area contributed by atoms with E-state index in [2.05, 4.69) is 15.0 Å². The molecule has 0 spiro atoms. The highest BCUT2D eigenvalue weighted by molar-refractivity contribution is 7.89. The van der Waals surface area contributed by atoms with Crippen molar-refractivity contribution in [3.05, 3.63) is 50.8 Å². The average Bonchev–Trinajstić information content (AvgIpc) is 2.67. The van der Waals surface area contributed by atoms with E-state index in [1.54, 1.807) is 0 Å². The molecule has 0 bridgehead atoms. The standard InChI is InChI=1S/C18H19F3N4O6S/c1-10-14(16(27)24-17(28)22-10)32(29,30)25-8-2-3-11(9-25)15(26)23-12-4-6-13(7-5-12)31-18(19,20)21/h4-7,11H,2-3,8-9H2,1H3,(H,23,26)(H2,22,24,27,28)/t11-/m1/s1. The van der Waals surface area contributed by atoms with E-state index in [1.807, 2.05) is 4.98 Å². The Morgan fingerprint density at radius 1 is 1.19 bits per heavy atom. The van der Waals surface area contributed by atoms with Crippen LogP contribution in [0.1, 0.15) is 18.5 Å². The van der Waals surface area contributed by atoms with Crippen LogP contribution >= 0.6 is 0 Å². The Labute approximate surface area is 179 Å². The minimum Gasteiger partial charge on any atom is -0.406 e. The lowest BCUT2D eigenvalue weighted by Crippen LogP contribution is -2.45. The quantitative estimate of drug-likeness (QED) is 0.594. The largest absolute Gasteiger partial charge is 0.573 e. The van der Waals surface area contributed by atoms with Gasteiger partial charge in [0.15, 0.2) is 4.90 Å². The van der Waals surface area contributed by atoms with Crippen molar-refractivity contribution in [2.45, 2.75) is 31.0 Å². The van der Waals surface area contributed by atoms with Crippen LogP contribution in [0.4, 0.5) is 18.9 Å². The van der Waals surface area contributed by atoms with E-state index in [4.69, 9.17) is 0 Å². The second-order valence-corrected chi connectivity index (χ2v) is 9.00. The first kappa shape index (κ1) is 23.5. The van der Waals surface area contributed by atoms with Gasteiger partial charge in [-0.25, -0.2) is 13.2 Å². The van der Waals surface area contributed by atoms with E-state index in [1.165, 1.54) is 19.1 Å². The van der Waals surface area contributed by atoms with Crippen molar-refractivity contribution in [2.75, 3.05) is 18.4 Å². The minimum absolute atomic E-state index is 0.0770. The molecule has 3 rings (SSSR count). The lowest BCUT2D eigenvalue weighted by molar-refractivity contribution is -0.274. The molecule has 2 heterocycles. The topological polar surface area (TPSA) is 141 Å². The van der Waals surface area contributed by atoms with Gasteiger partial charge in [0, 0.05) is 24.5 Å². The van der Waals surface area contributed by atoms with Crippen LogP contribution in [-0.4, -0.2) is 48.1 Å². The monoisotopic (exact) mass is 476 g/mol. The molecule has 174 valence electrons. The summed E-state index contributed by atoms with van der Waals surface area (Å²) < 4.78 is 67.4. The predicted molar refractivity (Wildman–Crippen MR) is 106 cm³/mol. The molecule has 0 saturated carbocycles. The molecular weight excluding hydrogens is 457 g/mol. The van der Waals surface area contributed by atoms with Crippen molar-refractivity contribution in [1.82, 2.24) is 14.3 Å². The number of carbonyl (C=O) groups excluding carboxylic acids is 1. The summed E-state index contributed by atoms with van der Waals surface area (Å²) in [6.45, 7) is 1.15. The van der Waals surface area contributed by atoms with E-state index in [0.29, 0.717) is 12.8 Å². The fourth-order valence-electron chi connectivity index (χ4n) is 3.39. The van der Waals surface area contributed by atoms with Gasteiger partial charge >= 0.3 is 12.1 Å². The number of rotatable bonds is 5. The van der Waals surface area contributed by atoms with Crippen molar-refractivity contribution in [1.29, 1.82) is 0 Å². The number of hydrogen-bond acceptors (Lipinski definition) is 6. The van der Waals surface area contributed by atoms with Crippen LogP contribution in [-0.2, 0) is 14.8 Å². The summed E-state index contributed by atoms with van der Waals surface area (Å²) in [5.41, 5.74) is -1.81. The highest BCUT2D eigenvalue weighted by atomic mass is 32.2. The molecule has 14 heteroatoms. The highest BCUT2D eigenvalue weighted by Crippen LogP contribution is 2.26. The SMILES string of the molecule is Cc1[nH]c(=O)[nH]c(=O)c1S(=O)(=O)N1CCC[C@@H](C(=O)Nc2ccc(OC(F)(F)F)cc2)C1. The number of sulfonamides is 1. The number of aryl methyl sites for hydroxylation is 1. The molecule has 1 saturated heterocycles. The number of nitrogens with one attached hydrogen (secondary N) is 3. The second kappa shape index (κ2) is 8.78. The van der Waals surface area contributed by atoms with Crippen molar-refractivity contribution in [2.24, 2.45) is 5.92 Å². The zero-order valence-electron chi connectivity index (χ0n) is 16.7. The third-order valence-electron chi connectivity index (χ3n) is 4.78. The third kappa shape index (κ3) is 5.37. The van der Waals surface area contributed by atoms with Crippen LogP contribution in [0.15, 0.2) is 38.8 Å². The molecule has 10 nitrogen and oxygen atoms in total. The van der Waals surface area contributed by atoms with Gasteiger partial charge < -0.3 is 15.0 Å². The Bertz CT molecular complexity index is 1220. The molecule has 1 aromatic carbocycles. The summed E-state index contributed by atoms with van der Waals surface area (Å²) >= 11 is 0. The number of piperidine rings is 1. The zero-order valence-corrected chi connectivity index (χ0v) is 17.5. The van der Waals surface area contributed by atoms with Crippen molar-refractivity contribution < 1.29 is 31.1 Å². The molecule has 1 aromatic heterocycles. The molecule has 32 heavy (non-hydrogen) atoms. The molecule has 0 aliphatic carbocycles. The Morgan fingerprint density at radius 3 is 2.44 bits per heavy atom. The van der Waals surface area contributed by atoms with Gasteiger partial charge in [0.2, 0.25) is 15.9 Å². The van der Waals surface area contributed by atoms with Crippen molar-refractivity contribution in [3.63, 3.8) is 0 Å². The summed E-state index contributed by atoms with van der Waals surface area (Å²) in [5, 5.41) is 2.53. The first-order chi connectivity index (χ1) is 14.9. The normalized spacial score (nSPS) is 17.7. The van der Waals surface area contributed by atoms with Crippen LogP contribution < -0.4 is 21.3 Å². The van der Waals surface area contributed by atoms with Gasteiger partial charge in [-0.1, -0.05) is 0 Å². The van der Waals surface area contributed by atoms with E-state index in [-0.39, 0.29) is 24.5 Å². The molecule has 0 unspecified atom stereocenters. The molecule has 1 aliphatic heterocycles. The molecule has 3 N–H and O–H groups in total. The molecule has 1 aliphatic rings.